The second kappa shape index (κ2) is 5.18. The van der Waals surface area contributed by atoms with Gasteiger partial charge in [-0.3, -0.25) is 9.00 Å². The third kappa shape index (κ3) is 4.38. The van der Waals surface area contributed by atoms with E-state index < -0.39 is 34.9 Å². The molecule has 0 amide bonds. The van der Waals surface area contributed by atoms with Crippen LogP contribution in [0.25, 0.3) is 0 Å². The van der Waals surface area contributed by atoms with Crippen molar-refractivity contribution in [3.8, 4) is 0 Å². The Kier molecular flexibility index (Phi) is 4.96. The van der Waals surface area contributed by atoms with Crippen LogP contribution in [0.15, 0.2) is 0 Å². The maximum Gasteiger partial charge on any atom is 0.318 e. The molecule has 3 nitrogen and oxygen atoms in total. The van der Waals surface area contributed by atoms with Gasteiger partial charge in [-0.25, -0.2) is 8.78 Å². The molecule has 6 heteroatoms. The fraction of sp³-hybridized carbons (Fsp3) is 0.833. The fourth-order valence-corrected chi connectivity index (χ4v) is 1.48. The van der Waals surface area contributed by atoms with E-state index in [0.717, 1.165) is 0 Å². The summed E-state index contributed by atoms with van der Waals surface area (Å²) in [5.41, 5.74) is 0. The number of aliphatic carboxylic acids is 1. The first-order valence-corrected chi connectivity index (χ1v) is 4.71. The Hall–Kier alpha value is -0.520. The number of hydrogen-bond donors (Lipinski definition) is 1. The first-order chi connectivity index (χ1) is 5.45. The van der Waals surface area contributed by atoms with Gasteiger partial charge in [0.2, 0.25) is 6.43 Å². The summed E-state index contributed by atoms with van der Waals surface area (Å²) in [7, 11) is -1.70. The summed E-state index contributed by atoms with van der Waals surface area (Å²) in [5.74, 6) is -1.48. The Morgan fingerprint density at radius 2 is 2.08 bits per heavy atom. The van der Waals surface area contributed by atoms with Crippen molar-refractivity contribution < 1.29 is 22.9 Å². The van der Waals surface area contributed by atoms with Gasteiger partial charge in [-0.2, -0.15) is 0 Å². The average molecular weight is 200 g/mol. The lowest BCUT2D eigenvalue weighted by Gasteiger charge is -2.05. The normalized spacial score (nSPS) is 16.0. The molecule has 72 valence electrons. The highest BCUT2D eigenvalue weighted by molar-refractivity contribution is 7.86. The summed E-state index contributed by atoms with van der Waals surface area (Å²) in [4.78, 5) is 10.2. The van der Waals surface area contributed by atoms with Gasteiger partial charge in [0.05, 0.1) is 0 Å². The van der Waals surface area contributed by atoms with Crippen molar-refractivity contribution in [1.29, 1.82) is 0 Å². The highest BCUT2D eigenvalue weighted by Gasteiger charge is 2.19. The van der Waals surface area contributed by atoms with Crippen molar-refractivity contribution in [2.75, 3.05) is 5.75 Å². The largest absolute Gasteiger partial charge is 0.480 e. The number of rotatable bonds is 5. The number of carboxylic acids is 1. The zero-order valence-corrected chi connectivity index (χ0v) is 7.31. The molecule has 0 aliphatic carbocycles. The lowest BCUT2D eigenvalue weighted by molar-refractivity contribution is -0.136. The molecule has 2 atom stereocenters. The van der Waals surface area contributed by atoms with Crippen LogP contribution in [0.3, 0.4) is 0 Å². The van der Waals surface area contributed by atoms with E-state index >= 15 is 0 Å². The van der Waals surface area contributed by atoms with E-state index in [2.05, 4.69) is 0 Å². The molecule has 0 aliphatic rings. The van der Waals surface area contributed by atoms with E-state index in [1.54, 1.807) is 0 Å². The summed E-state index contributed by atoms with van der Waals surface area (Å²) < 4.78 is 34.0. The molecular weight excluding hydrogens is 190 g/mol. The van der Waals surface area contributed by atoms with Crippen molar-refractivity contribution in [2.24, 2.45) is 0 Å². The van der Waals surface area contributed by atoms with E-state index in [1.807, 2.05) is 0 Å². The lowest BCUT2D eigenvalue weighted by atomic mass is 10.5. The molecule has 0 saturated heterocycles. The third-order valence-electron chi connectivity index (χ3n) is 1.28. The van der Waals surface area contributed by atoms with E-state index in [-0.39, 0.29) is 5.75 Å². The van der Waals surface area contributed by atoms with Gasteiger partial charge in [-0.15, -0.1) is 0 Å². The molecule has 1 N–H and O–H groups in total. The lowest BCUT2D eigenvalue weighted by Crippen LogP contribution is -2.24. The van der Waals surface area contributed by atoms with Crippen LogP contribution >= 0.6 is 0 Å². The maximum atomic E-state index is 11.6. The van der Waals surface area contributed by atoms with Crippen LogP contribution in [0.5, 0.6) is 0 Å². The molecule has 0 saturated carbocycles. The van der Waals surface area contributed by atoms with Gasteiger partial charge in [-0.1, -0.05) is 0 Å². The van der Waals surface area contributed by atoms with Gasteiger partial charge in [0, 0.05) is 23.0 Å². The van der Waals surface area contributed by atoms with Crippen LogP contribution in [0.1, 0.15) is 13.3 Å². The topological polar surface area (TPSA) is 54.4 Å². The Morgan fingerprint density at radius 1 is 1.58 bits per heavy atom. The van der Waals surface area contributed by atoms with Crippen LogP contribution in [0.4, 0.5) is 8.78 Å². The predicted molar refractivity (Wildman–Crippen MR) is 40.7 cm³/mol. The van der Waals surface area contributed by atoms with Gasteiger partial charge < -0.3 is 5.11 Å². The quantitative estimate of drug-likeness (QED) is 0.716. The maximum absolute atomic E-state index is 11.6. The van der Waals surface area contributed by atoms with Gasteiger partial charge in [-0.05, 0) is 6.92 Å². The van der Waals surface area contributed by atoms with Gasteiger partial charge >= 0.3 is 5.97 Å². The minimum Gasteiger partial charge on any atom is -0.480 e. The molecule has 0 fully saturated rings. The number of carbonyl (C=O) groups is 1. The first kappa shape index (κ1) is 11.5. The Balaban J connectivity index is 3.80. The average Bonchev–Trinajstić information content (AvgIpc) is 1.98. The molecule has 0 aromatic rings. The van der Waals surface area contributed by atoms with E-state index in [4.69, 9.17) is 5.11 Å². The smallest absolute Gasteiger partial charge is 0.318 e. The summed E-state index contributed by atoms with van der Waals surface area (Å²) >= 11 is 0. The predicted octanol–water partition coefficient (Wildman–Crippen LogP) is 0.863. The van der Waals surface area contributed by atoms with Gasteiger partial charge in [0.15, 0.2) is 0 Å². The molecule has 0 bridgehead atoms. The molecule has 0 heterocycles. The number of hydrogen-bond acceptors (Lipinski definition) is 2. The molecule has 0 rings (SSSR count). The fourth-order valence-electron chi connectivity index (χ4n) is 0.494. The van der Waals surface area contributed by atoms with Crippen molar-refractivity contribution in [2.45, 2.75) is 25.0 Å². The monoisotopic (exact) mass is 200 g/mol. The minimum absolute atomic E-state index is 0.259. The van der Waals surface area contributed by atoms with Crippen LogP contribution in [-0.2, 0) is 15.6 Å². The van der Waals surface area contributed by atoms with Crippen LogP contribution in [0, 0.1) is 0 Å². The molecule has 12 heavy (non-hydrogen) atoms. The SMILES string of the molecule is CC(C(=O)O)S(=O)CCC(F)F. The number of alkyl halides is 2. The molecular formula is C6H10F2O3S. The van der Waals surface area contributed by atoms with E-state index in [0.29, 0.717) is 0 Å². The third-order valence-corrected chi connectivity index (χ3v) is 2.91. The van der Waals surface area contributed by atoms with Crippen molar-refractivity contribution in [1.82, 2.24) is 0 Å². The molecule has 0 aliphatic heterocycles. The first-order valence-electron chi connectivity index (χ1n) is 3.33. The van der Waals surface area contributed by atoms with Crippen LogP contribution in [0.2, 0.25) is 0 Å². The van der Waals surface area contributed by atoms with Crippen molar-refractivity contribution in [3.05, 3.63) is 0 Å². The summed E-state index contributed by atoms with van der Waals surface area (Å²) in [5, 5.41) is 7.27. The second-order valence-electron chi connectivity index (χ2n) is 2.25. The van der Waals surface area contributed by atoms with Gasteiger partial charge in [0.25, 0.3) is 0 Å². The van der Waals surface area contributed by atoms with Crippen LogP contribution in [-0.4, -0.2) is 32.7 Å². The van der Waals surface area contributed by atoms with Gasteiger partial charge in [0.1, 0.15) is 5.25 Å². The highest BCUT2D eigenvalue weighted by Crippen LogP contribution is 2.04. The van der Waals surface area contributed by atoms with Crippen molar-refractivity contribution >= 4 is 16.8 Å². The minimum atomic E-state index is -2.52. The Bertz CT molecular complexity index is 184. The number of carboxylic acid groups (broad SMARTS) is 1. The standard InChI is InChI=1S/C6H10F2O3S/c1-4(6(9)10)12(11)3-2-5(7)8/h4-5H,2-3H2,1H3,(H,9,10). The number of halogens is 2. The highest BCUT2D eigenvalue weighted by atomic mass is 32.2. The molecule has 0 spiro atoms. The summed E-state index contributed by atoms with van der Waals surface area (Å²) in [6, 6.07) is 0. The molecule has 0 radical (unpaired) electrons. The van der Waals surface area contributed by atoms with E-state index in [9.17, 15) is 17.8 Å². The molecule has 2 unspecified atom stereocenters. The summed E-state index contributed by atoms with van der Waals surface area (Å²) in [6.07, 6.45) is -3.03. The Labute approximate surface area is 71.2 Å². The van der Waals surface area contributed by atoms with Crippen LogP contribution < -0.4 is 0 Å². The molecule has 0 aromatic heterocycles. The second-order valence-corrected chi connectivity index (χ2v) is 4.12. The summed E-state index contributed by atoms with van der Waals surface area (Å²) in [6.45, 7) is 1.24. The van der Waals surface area contributed by atoms with Crippen molar-refractivity contribution in [3.63, 3.8) is 0 Å². The van der Waals surface area contributed by atoms with E-state index in [1.165, 1.54) is 6.92 Å². The zero-order chi connectivity index (χ0) is 9.72. The molecule has 0 aromatic carbocycles. The zero-order valence-electron chi connectivity index (χ0n) is 6.50. The Morgan fingerprint density at radius 3 is 2.42 bits per heavy atom.